The van der Waals surface area contributed by atoms with E-state index in [1.807, 2.05) is 0 Å². The fourth-order valence-corrected chi connectivity index (χ4v) is 1.94. The molecule has 128 valence electrons. The third-order valence-electron chi connectivity index (χ3n) is 3.12. The minimum absolute atomic E-state index is 0.396. The van der Waals surface area contributed by atoms with E-state index < -0.39 is 23.0 Å². The van der Waals surface area contributed by atoms with Gasteiger partial charge in [0.15, 0.2) is 0 Å². The summed E-state index contributed by atoms with van der Waals surface area (Å²) in [5.74, 6) is 0.0814. The second-order valence-corrected chi connectivity index (χ2v) is 6.96. The van der Waals surface area contributed by atoms with Gasteiger partial charge >= 0.3 is 6.09 Å². The van der Waals surface area contributed by atoms with Crippen molar-refractivity contribution in [3.63, 3.8) is 0 Å². The van der Waals surface area contributed by atoms with E-state index in [0.29, 0.717) is 16.3 Å². The minimum atomic E-state index is -0.910. The molecule has 0 aromatic heterocycles. The number of ether oxygens (including phenoxy) is 2. The standard InChI is InChI=1S/C16H23ClN2O4/c1-15(2,3)23-14(21)19-18-13(20)16(4,5)10-7-8-11(17)12(9-10)22-6/h7-9H,1-6H3,(H,18,20)(H,19,21). The number of methoxy groups -OCH3 is 1. The second kappa shape index (κ2) is 7.08. The number of nitrogens with one attached hydrogen (secondary N) is 2. The van der Waals surface area contributed by atoms with Crippen molar-refractivity contribution >= 4 is 23.6 Å². The molecule has 0 fully saturated rings. The maximum absolute atomic E-state index is 12.4. The van der Waals surface area contributed by atoms with Crippen molar-refractivity contribution in [2.45, 2.75) is 45.6 Å². The molecule has 0 unspecified atom stereocenters. The highest BCUT2D eigenvalue weighted by atomic mass is 35.5. The zero-order valence-electron chi connectivity index (χ0n) is 14.2. The Hall–Kier alpha value is -1.95. The maximum atomic E-state index is 12.4. The molecule has 0 spiro atoms. The summed E-state index contributed by atoms with van der Waals surface area (Å²) in [4.78, 5) is 24.0. The average Bonchev–Trinajstić information content (AvgIpc) is 2.43. The normalized spacial score (nSPS) is 11.6. The Bertz CT molecular complexity index is 594. The van der Waals surface area contributed by atoms with Crippen molar-refractivity contribution in [1.82, 2.24) is 10.9 Å². The molecule has 0 atom stereocenters. The number of hydrogen-bond donors (Lipinski definition) is 2. The summed E-state index contributed by atoms with van der Waals surface area (Å²) in [7, 11) is 1.50. The summed E-state index contributed by atoms with van der Waals surface area (Å²) >= 11 is 5.99. The number of carbonyl (C=O) groups is 2. The molecule has 7 heteroatoms. The third-order valence-corrected chi connectivity index (χ3v) is 3.43. The van der Waals surface area contributed by atoms with Crippen molar-refractivity contribution in [3.05, 3.63) is 28.8 Å². The van der Waals surface area contributed by atoms with E-state index in [2.05, 4.69) is 10.9 Å². The molecule has 23 heavy (non-hydrogen) atoms. The number of hydrazine groups is 1. The van der Waals surface area contributed by atoms with Gasteiger partial charge in [-0.3, -0.25) is 10.2 Å². The summed E-state index contributed by atoms with van der Waals surface area (Å²) in [6, 6.07) is 5.08. The van der Waals surface area contributed by atoms with Gasteiger partial charge in [-0.25, -0.2) is 10.2 Å². The van der Waals surface area contributed by atoms with Gasteiger partial charge in [-0.1, -0.05) is 17.7 Å². The fraction of sp³-hybridized carbons (Fsp3) is 0.500. The number of rotatable bonds is 3. The molecule has 1 aromatic carbocycles. The molecule has 0 aliphatic carbocycles. The van der Waals surface area contributed by atoms with Gasteiger partial charge in [0.05, 0.1) is 17.5 Å². The Labute approximate surface area is 141 Å². The monoisotopic (exact) mass is 342 g/mol. The van der Waals surface area contributed by atoms with Crippen LogP contribution < -0.4 is 15.6 Å². The number of halogens is 1. The molecule has 0 aliphatic heterocycles. The largest absolute Gasteiger partial charge is 0.495 e. The lowest BCUT2D eigenvalue weighted by molar-refractivity contribution is -0.126. The average molecular weight is 343 g/mol. The summed E-state index contributed by atoms with van der Waals surface area (Å²) in [6.45, 7) is 8.65. The first-order chi connectivity index (χ1) is 10.5. The van der Waals surface area contributed by atoms with Gasteiger partial charge in [0.2, 0.25) is 5.91 Å². The summed E-state index contributed by atoms with van der Waals surface area (Å²) in [5.41, 5.74) is 3.74. The van der Waals surface area contributed by atoms with E-state index >= 15 is 0 Å². The number of carbonyl (C=O) groups excluding carboxylic acids is 2. The fourth-order valence-electron chi connectivity index (χ4n) is 1.75. The molecule has 1 aromatic rings. The lowest BCUT2D eigenvalue weighted by atomic mass is 9.84. The van der Waals surface area contributed by atoms with Crippen molar-refractivity contribution in [2.75, 3.05) is 7.11 Å². The van der Waals surface area contributed by atoms with Crippen molar-refractivity contribution in [1.29, 1.82) is 0 Å². The van der Waals surface area contributed by atoms with Gasteiger partial charge in [-0.15, -0.1) is 0 Å². The van der Waals surface area contributed by atoms with Crippen LogP contribution in [-0.4, -0.2) is 24.7 Å². The quantitative estimate of drug-likeness (QED) is 0.827. The van der Waals surface area contributed by atoms with Gasteiger partial charge < -0.3 is 9.47 Å². The Morgan fingerprint density at radius 2 is 1.70 bits per heavy atom. The van der Waals surface area contributed by atoms with Gasteiger partial charge in [0.25, 0.3) is 0 Å². The SMILES string of the molecule is COc1cc(C(C)(C)C(=O)NNC(=O)OC(C)(C)C)ccc1Cl. The first-order valence-electron chi connectivity index (χ1n) is 7.11. The Morgan fingerprint density at radius 1 is 1.09 bits per heavy atom. The lowest BCUT2D eigenvalue weighted by Gasteiger charge is -2.25. The van der Waals surface area contributed by atoms with Gasteiger partial charge in [0, 0.05) is 0 Å². The Morgan fingerprint density at radius 3 is 2.22 bits per heavy atom. The molecule has 0 radical (unpaired) electrons. The molecular weight excluding hydrogens is 320 g/mol. The number of hydrogen-bond acceptors (Lipinski definition) is 4. The maximum Gasteiger partial charge on any atom is 0.426 e. The van der Waals surface area contributed by atoms with Gasteiger partial charge in [-0.05, 0) is 52.3 Å². The van der Waals surface area contributed by atoms with E-state index in [0.717, 1.165) is 0 Å². The van der Waals surface area contributed by atoms with Crippen LogP contribution >= 0.6 is 11.6 Å². The summed E-state index contributed by atoms with van der Waals surface area (Å²) in [5, 5.41) is 0.458. The molecule has 0 aliphatic rings. The van der Waals surface area contributed by atoms with Crippen molar-refractivity contribution in [2.24, 2.45) is 0 Å². The number of amides is 2. The van der Waals surface area contributed by atoms with Crippen LogP contribution in [0, 0.1) is 0 Å². The van der Waals surface area contributed by atoms with Crippen LogP contribution in [0.15, 0.2) is 18.2 Å². The van der Waals surface area contributed by atoms with Crippen molar-refractivity contribution in [3.8, 4) is 5.75 Å². The van der Waals surface area contributed by atoms with Crippen LogP contribution in [0.2, 0.25) is 5.02 Å². The van der Waals surface area contributed by atoms with Crippen LogP contribution in [0.1, 0.15) is 40.2 Å². The molecule has 6 nitrogen and oxygen atoms in total. The zero-order valence-corrected chi connectivity index (χ0v) is 15.0. The van der Waals surface area contributed by atoms with E-state index in [9.17, 15) is 9.59 Å². The molecule has 0 heterocycles. The molecule has 0 saturated carbocycles. The molecule has 1 rings (SSSR count). The van der Waals surface area contributed by atoms with E-state index in [4.69, 9.17) is 21.1 Å². The van der Waals surface area contributed by atoms with Crippen molar-refractivity contribution < 1.29 is 19.1 Å². The van der Waals surface area contributed by atoms with Gasteiger partial charge in [-0.2, -0.15) is 0 Å². The molecule has 0 bridgehead atoms. The predicted octanol–water partition coefficient (Wildman–Crippen LogP) is 3.18. The molecular formula is C16H23ClN2O4. The highest BCUT2D eigenvalue weighted by Crippen LogP contribution is 2.31. The minimum Gasteiger partial charge on any atom is -0.495 e. The lowest BCUT2D eigenvalue weighted by Crippen LogP contribution is -2.50. The van der Waals surface area contributed by atoms with Crippen LogP contribution in [0.25, 0.3) is 0 Å². The van der Waals surface area contributed by atoms with Gasteiger partial charge in [0.1, 0.15) is 11.4 Å². The topological polar surface area (TPSA) is 76.7 Å². The summed E-state index contributed by atoms with van der Waals surface area (Å²) < 4.78 is 10.2. The second-order valence-electron chi connectivity index (χ2n) is 6.56. The highest BCUT2D eigenvalue weighted by molar-refractivity contribution is 6.32. The molecule has 2 amide bonds. The first-order valence-corrected chi connectivity index (χ1v) is 7.48. The number of benzene rings is 1. The van der Waals surface area contributed by atoms with E-state index in [-0.39, 0.29) is 0 Å². The van der Waals surface area contributed by atoms with Crippen LogP contribution in [0.5, 0.6) is 5.75 Å². The predicted molar refractivity (Wildman–Crippen MR) is 88.5 cm³/mol. The van der Waals surface area contributed by atoms with E-state index in [1.54, 1.807) is 52.8 Å². The highest BCUT2D eigenvalue weighted by Gasteiger charge is 2.31. The van der Waals surface area contributed by atoms with Crippen LogP contribution in [0.4, 0.5) is 4.79 Å². The Kier molecular flexibility index (Phi) is 5.88. The third kappa shape index (κ3) is 5.32. The van der Waals surface area contributed by atoms with Crippen LogP contribution in [0.3, 0.4) is 0 Å². The van der Waals surface area contributed by atoms with E-state index in [1.165, 1.54) is 7.11 Å². The zero-order chi connectivity index (χ0) is 17.8. The Balaban J connectivity index is 2.79. The molecule has 0 saturated heterocycles. The molecule has 2 N–H and O–H groups in total. The van der Waals surface area contributed by atoms with Crippen LogP contribution in [-0.2, 0) is 14.9 Å². The first kappa shape index (κ1) is 19.1. The smallest absolute Gasteiger partial charge is 0.426 e. The summed E-state index contributed by atoms with van der Waals surface area (Å²) in [6.07, 6.45) is -0.727.